The largest absolute Gasteiger partial charge is 0.370 e. The van der Waals surface area contributed by atoms with E-state index in [1.807, 2.05) is 12.1 Å². The van der Waals surface area contributed by atoms with Crippen LogP contribution in [-0.2, 0) is 4.79 Å². The highest BCUT2D eigenvalue weighted by atomic mass is 16.2. The molecule has 3 N–H and O–H groups in total. The molecule has 0 unspecified atom stereocenters. The fourth-order valence-corrected chi connectivity index (χ4v) is 2.74. The Morgan fingerprint density at radius 3 is 2.35 bits per heavy atom. The van der Waals surface area contributed by atoms with Crippen LogP contribution >= 0.6 is 0 Å². The lowest BCUT2D eigenvalue weighted by Gasteiger charge is -2.22. The third-order valence-electron chi connectivity index (χ3n) is 3.91. The number of rotatable bonds is 5. The van der Waals surface area contributed by atoms with E-state index in [9.17, 15) is 9.59 Å². The van der Waals surface area contributed by atoms with Crippen molar-refractivity contribution in [3.63, 3.8) is 0 Å². The Balaban J connectivity index is 1.90. The number of nitrogens with two attached hydrogens (primary N) is 1. The smallest absolute Gasteiger partial charge is 0.251 e. The van der Waals surface area contributed by atoms with Crippen LogP contribution in [0, 0.1) is 0 Å². The number of nitrogens with one attached hydrogen (secondary N) is 1. The minimum atomic E-state index is -0.405. The van der Waals surface area contributed by atoms with Crippen molar-refractivity contribution >= 4 is 11.8 Å². The molecule has 0 aromatic heterocycles. The van der Waals surface area contributed by atoms with E-state index in [4.69, 9.17) is 5.73 Å². The van der Waals surface area contributed by atoms with Crippen LogP contribution in [0.25, 0.3) is 0 Å². The first-order chi connectivity index (χ1) is 9.66. The maximum atomic E-state index is 11.9. The zero-order chi connectivity index (χ0) is 14.4. The van der Waals surface area contributed by atoms with Crippen LogP contribution < -0.4 is 11.1 Å². The Bertz CT molecular complexity index is 462. The van der Waals surface area contributed by atoms with Crippen molar-refractivity contribution in [2.45, 2.75) is 44.4 Å². The zero-order valence-corrected chi connectivity index (χ0v) is 11.7. The molecule has 1 aromatic carbocycles. The van der Waals surface area contributed by atoms with Crippen LogP contribution in [0.5, 0.6) is 0 Å². The molecular formula is C16H22N2O2. The van der Waals surface area contributed by atoms with Gasteiger partial charge in [-0.25, -0.2) is 0 Å². The highest BCUT2D eigenvalue weighted by Gasteiger charge is 2.15. The summed E-state index contributed by atoms with van der Waals surface area (Å²) in [6.07, 6.45) is 6.64. The number of hydrogen-bond donors (Lipinski definition) is 2. The van der Waals surface area contributed by atoms with Crippen LogP contribution in [0.2, 0.25) is 0 Å². The molecule has 4 heteroatoms. The lowest BCUT2D eigenvalue weighted by Crippen LogP contribution is -2.27. The molecule has 1 fully saturated rings. The summed E-state index contributed by atoms with van der Waals surface area (Å²) in [7, 11) is 0. The van der Waals surface area contributed by atoms with Gasteiger partial charge >= 0.3 is 0 Å². The molecule has 4 nitrogen and oxygen atoms in total. The van der Waals surface area contributed by atoms with Gasteiger partial charge in [-0.15, -0.1) is 0 Å². The van der Waals surface area contributed by atoms with Crippen LogP contribution in [0.15, 0.2) is 24.3 Å². The van der Waals surface area contributed by atoms with Crippen molar-refractivity contribution in [1.29, 1.82) is 0 Å². The first-order valence-electron chi connectivity index (χ1n) is 7.33. The molecule has 108 valence electrons. The highest BCUT2D eigenvalue weighted by Crippen LogP contribution is 2.32. The molecule has 0 atom stereocenters. The number of carbonyl (C=O) groups is 2. The van der Waals surface area contributed by atoms with Gasteiger partial charge in [-0.2, -0.15) is 0 Å². The highest BCUT2D eigenvalue weighted by molar-refractivity contribution is 5.94. The van der Waals surface area contributed by atoms with Crippen molar-refractivity contribution in [2.75, 3.05) is 6.54 Å². The van der Waals surface area contributed by atoms with Gasteiger partial charge in [0.1, 0.15) is 0 Å². The average molecular weight is 274 g/mol. The summed E-state index contributed by atoms with van der Waals surface area (Å²) in [5.74, 6) is 0.0927. The lowest BCUT2D eigenvalue weighted by molar-refractivity contribution is -0.117. The predicted molar refractivity (Wildman–Crippen MR) is 78.4 cm³/mol. The van der Waals surface area contributed by atoms with Gasteiger partial charge in [-0.1, -0.05) is 31.4 Å². The summed E-state index contributed by atoms with van der Waals surface area (Å²) in [6.45, 7) is 0.290. The first-order valence-corrected chi connectivity index (χ1v) is 7.33. The Morgan fingerprint density at radius 2 is 1.75 bits per heavy atom. The second-order valence-corrected chi connectivity index (χ2v) is 5.43. The Hall–Kier alpha value is -1.84. The molecule has 1 aliphatic rings. The maximum Gasteiger partial charge on any atom is 0.251 e. The van der Waals surface area contributed by atoms with E-state index < -0.39 is 5.91 Å². The second kappa shape index (κ2) is 7.08. The fourth-order valence-electron chi connectivity index (χ4n) is 2.74. The average Bonchev–Trinajstić information content (AvgIpc) is 2.48. The van der Waals surface area contributed by atoms with Crippen molar-refractivity contribution in [2.24, 2.45) is 5.73 Å². The van der Waals surface area contributed by atoms with Crippen molar-refractivity contribution in [1.82, 2.24) is 5.32 Å². The van der Waals surface area contributed by atoms with E-state index in [-0.39, 0.29) is 12.3 Å². The summed E-state index contributed by atoms with van der Waals surface area (Å²) < 4.78 is 0. The van der Waals surface area contributed by atoms with Gasteiger partial charge in [-0.3, -0.25) is 9.59 Å². The number of amides is 2. The normalized spacial score (nSPS) is 15.8. The summed E-state index contributed by atoms with van der Waals surface area (Å²) >= 11 is 0. The monoisotopic (exact) mass is 274 g/mol. The molecule has 0 heterocycles. The summed E-state index contributed by atoms with van der Waals surface area (Å²) in [6, 6.07) is 7.84. The Morgan fingerprint density at radius 1 is 1.10 bits per heavy atom. The Labute approximate surface area is 119 Å². The summed E-state index contributed by atoms with van der Waals surface area (Å²) in [4.78, 5) is 22.5. The van der Waals surface area contributed by atoms with Crippen molar-refractivity contribution in [3.8, 4) is 0 Å². The van der Waals surface area contributed by atoms with Gasteiger partial charge in [0.2, 0.25) is 5.91 Å². The third kappa shape index (κ3) is 4.08. The van der Waals surface area contributed by atoms with Crippen molar-refractivity contribution < 1.29 is 9.59 Å². The van der Waals surface area contributed by atoms with Gasteiger partial charge in [0.05, 0.1) is 0 Å². The molecule has 1 saturated carbocycles. The molecule has 1 aromatic rings. The van der Waals surface area contributed by atoms with E-state index in [0.717, 1.165) is 0 Å². The Kier molecular flexibility index (Phi) is 5.16. The van der Waals surface area contributed by atoms with E-state index in [2.05, 4.69) is 17.4 Å². The lowest BCUT2D eigenvalue weighted by atomic mass is 9.84. The van der Waals surface area contributed by atoms with Crippen LogP contribution in [-0.4, -0.2) is 18.4 Å². The van der Waals surface area contributed by atoms with Gasteiger partial charge in [0, 0.05) is 18.5 Å². The molecule has 0 spiro atoms. The van der Waals surface area contributed by atoms with E-state index in [0.29, 0.717) is 18.0 Å². The molecule has 2 amide bonds. The van der Waals surface area contributed by atoms with E-state index >= 15 is 0 Å². The molecule has 0 radical (unpaired) electrons. The van der Waals surface area contributed by atoms with E-state index in [1.165, 1.54) is 37.7 Å². The minimum absolute atomic E-state index is 0.151. The molecule has 0 aliphatic heterocycles. The third-order valence-corrected chi connectivity index (χ3v) is 3.91. The second-order valence-electron chi connectivity index (χ2n) is 5.43. The summed E-state index contributed by atoms with van der Waals surface area (Å²) in [5.41, 5.74) is 6.99. The molecule has 0 bridgehead atoms. The van der Waals surface area contributed by atoms with Gasteiger partial charge in [-0.05, 0) is 36.5 Å². The quantitative estimate of drug-likeness (QED) is 0.865. The van der Waals surface area contributed by atoms with Gasteiger partial charge in [0.15, 0.2) is 0 Å². The number of carbonyl (C=O) groups excluding carboxylic acids is 2. The van der Waals surface area contributed by atoms with Crippen LogP contribution in [0.3, 0.4) is 0 Å². The topological polar surface area (TPSA) is 72.2 Å². The van der Waals surface area contributed by atoms with Gasteiger partial charge in [0.25, 0.3) is 5.91 Å². The van der Waals surface area contributed by atoms with E-state index in [1.54, 1.807) is 0 Å². The molecule has 0 saturated heterocycles. The standard InChI is InChI=1S/C16H22N2O2/c17-15(19)10-11-18-16(20)14-8-6-13(7-9-14)12-4-2-1-3-5-12/h6-9,12H,1-5,10-11H2,(H2,17,19)(H,18,20). The molecule has 2 rings (SSSR count). The zero-order valence-electron chi connectivity index (χ0n) is 11.7. The van der Waals surface area contributed by atoms with Crippen LogP contribution in [0.4, 0.5) is 0 Å². The molecule has 1 aliphatic carbocycles. The van der Waals surface area contributed by atoms with Crippen molar-refractivity contribution in [3.05, 3.63) is 35.4 Å². The van der Waals surface area contributed by atoms with Gasteiger partial charge < -0.3 is 11.1 Å². The summed E-state index contributed by atoms with van der Waals surface area (Å²) in [5, 5.41) is 2.69. The SMILES string of the molecule is NC(=O)CCNC(=O)c1ccc(C2CCCCC2)cc1. The number of benzene rings is 1. The van der Waals surface area contributed by atoms with Crippen LogP contribution in [0.1, 0.15) is 60.4 Å². The first kappa shape index (κ1) is 14.6. The minimum Gasteiger partial charge on any atom is -0.370 e. The fraction of sp³-hybridized carbons (Fsp3) is 0.500. The number of hydrogen-bond acceptors (Lipinski definition) is 2. The predicted octanol–water partition coefficient (Wildman–Crippen LogP) is 2.34. The molecule has 20 heavy (non-hydrogen) atoms. The number of primary amides is 1. The maximum absolute atomic E-state index is 11.9. The molecular weight excluding hydrogens is 252 g/mol.